The molecule has 0 bridgehead atoms. The van der Waals surface area contributed by atoms with Crippen LogP contribution in [0.4, 0.5) is 8.78 Å². The lowest BCUT2D eigenvalue weighted by atomic mass is 9.96. The number of aryl methyl sites for hydroxylation is 2. The number of aliphatic hydroxyl groups is 1. The van der Waals surface area contributed by atoms with Crippen molar-refractivity contribution < 1.29 is 28.3 Å². The molecule has 0 unspecified atom stereocenters. The lowest BCUT2D eigenvalue weighted by molar-refractivity contribution is -0.00873. The van der Waals surface area contributed by atoms with Crippen molar-refractivity contribution >= 4 is 17.6 Å². The van der Waals surface area contributed by atoms with Gasteiger partial charge in [0.1, 0.15) is 35.0 Å². The number of ether oxygens (including phenoxy) is 1. The summed E-state index contributed by atoms with van der Waals surface area (Å²) in [7, 11) is 0. The van der Waals surface area contributed by atoms with E-state index in [2.05, 4.69) is 15.4 Å². The quantitative estimate of drug-likeness (QED) is 0.183. The van der Waals surface area contributed by atoms with Crippen LogP contribution in [0.2, 0.25) is 5.02 Å². The summed E-state index contributed by atoms with van der Waals surface area (Å²) in [6.07, 6.45) is 1.21. The summed E-state index contributed by atoms with van der Waals surface area (Å²) < 4.78 is 34.0. The van der Waals surface area contributed by atoms with Crippen LogP contribution in [0.5, 0.6) is 5.75 Å². The number of nitrogens with zero attached hydrogens (tertiary/aromatic N) is 3. The minimum atomic E-state index is -1.05. The number of hydroxylamine groups is 1. The van der Waals surface area contributed by atoms with Crippen LogP contribution in [0.3, 0.4) is 0 Å². The molecule has 0 saturated carbocycles. The minimum Gasteiger partial charge on any atom is -0.485 e. The largest absolute Gasteiger partial charge is 0.485 e. The highest BCUT2D eigenvalue weighted by molar-refractivity contribution is 6.31. The zero-order chi connectivity index (χ0) is 32.1. The van der Waals surface area contributed by atoms with Gasteiger partial charge in [-0.15, -0.1) is 5.48 Å². The van der Waals surface area contributed by atoms with Crippen LogP contribution in [-0.4, -0.2) is 25.6 Å². The molecule has 0 fully saturated rings. The summed E-state index contributed by atoms with van der Waals surface area (Å²) in [5, 5.41) is 10.8. The first kappa shape index (κ1) is 31.5. The van der Waals surface area contributed by atoms with Gasteiger partial charge < -0.3 is 14.7 Å². The van der Waals surface area contributed by atoms with Crippen molar-refractivity contribution in [1.82, 2.24) is 20.0 Å². The molecule has 0 aliphatic rings. The van der Waals surface area contributed by atoms with Crippen molar-refractivity contribution in [3.05, 3.63) is 152 Å². The third kappa shape index (κ3) is 7.07. The second-order valence-electron chi connectivity index (χ2n) is 10.1. The fourth-order valence-corrected chi connectivity index (χ4v) is 4.83. The van der Waals surface area contributed by atoms with Gasteiger partial charge in [0.05, 0.1) is 17.9 Å². The van der Waals surface area contributed by atoms with Gasteiger partial charge in [0.25, 0.3) is 5.56 Å². The third-order valence-electron chi connectivity index (χ3n) is 6.97. The molecule has 0 amide bonds. The van der Waals surface area contributed by atoms with Crippen LogP contribution in [0, 0.1) is 25.5 Å². The Morgan fingerprint density at radius 1 is 0.978 bits per heavy atom. The molecule has 5 aromatic rings. The molecule has 45 heavy (non-hydrogen) atoms. The van der Waals surface area contributed by atoms with Gasteiger partial charge in [-0.1, -0.05) is 72.3 Å². The summed E-state index contributed by atoms with van der Waals surface area (Å²) in [6.45, 7) is 2.93. The lowest BCUT2D eigenvalue weighted by Gasteiger charge is -2.24. The summed E-state index contributed by atoms with van der Waals surface area (Å²) >= 11 is 6.36. The van der Waals surface area contributed by atoms with Crippen molar-refractivity contribution in [2.24, 2.45) is 0 Å². The van der Waals surface area contributed by atoms with Gasteiger partial charge in [-0.05, 0) is 36.6 Å². The Morgan fingerprint density at radius 2 is 1.64 bits per heavy atom. The SMILES string of the molecule is Cc1cnc(C(=O)ON[C@H](c2ccccc2)[C@@H](O)c2ccccc2)cc1-n1c(C)cc(OCc2ncc(F)cc2F)c(Cl)c1=O. The van der Waals surface area contributed by atoms with Crippen molar-refractivity contribution in [2.45, 2.75) is 32.6 Å². The summed E-state index contributed by atoms with van der Waals surface area (Å²) in [5.74, 6) is -2.62. The van der Waals surface area contributed by atoms with Crippen molar-refractivity contribution in [1.29, 1.82) is 0 Å². The zero-order valence-corrected chi connectivity index (χ0v) is 24.8. The number of hydrogen-bond acceptors (Lipinski definition) is 8. The molecule has 0 aliphatic heterocycles. The number of hydrogen-bond donors (Lipinski definition) is 2. The van der Waals surface area contributed by atoms with Crippen LogP contribution in [0.15, 0.2) is 96.1 Å². The monoisotopic (exact) mass is 632 g/mol. The van der Waals surface area contributed by atoms with E-state index in [0.717, 1.165) is 6.20 Å². The van der Waals surface area contributed by atoms with E-state index in [9.17, 15) is 23.5 Å². The van der Waals surface area contributed by atoms with Gasteiger partial charge in [-0.2, -0.15) is 0 Å². The smallest absolute Gasteiger partial charge is 0.375 e. The first-order chi connectivity index (χ1) is 21.6. The molecule has 9 nitrogen and oxygen atoms in total. The zero-order valence-electron chi connectivity index (χ0n) is 24.1. The lowest BCUT2D eigenvalue weighted by Crippen LogP contribution is -2.30. The summed E-state index contributed by atoms with van der Waals surface area (Å²) in [4.78, 5) is 39.8. The maximum absolute atomic E-state index is 14.0. The normalized spacial score (nSPS) is 12.4. The van der Waals surface area contributed by atoms with E-state index in [1.165, 1.54) is 22.9 Å². The molecule has 0 spiro atoms. The second-order valence-corrected chi connectivity index (χ2v) is 10.5. The predicted octanol–water partition coefficient (Wildman–Crippen LogP) is 5.89. The Labute approximate surface area is 261 Å². The number of halogens is 3. The molecule has 3 heterocycles. The Kier molecular flexibility index (Phi) is 9.62. The average molecular weight is 633 g/mol. The Hall–Kier alpha value is -4.97. The highest BCUT2D eigenvalue weighted by Crippen LogP contribution is 2.29. The van der Waals surface area contributed by atoms with E-state index in [0.29, 0.717) is 34.1 Å². The van der Waals surface area contributed by atoms with E-state index in [4.69, 9.17) is 21.2 Å². The first-order valence-corrected chi connectivity index (χ1v) is 14.1. The van der Waals surface area contributed by atoms with Crippen LogP contribution in [0.1, 0.15) is 50.7 Å². The van der Waals surface area contributed by atoms with Crippen molar-refractivity contribution in [3.63, 3.8) is 0 Å². The molecule has 2 atom stereocenters. The summed E-state index contributed by atoms with van der Waals surface area (Å²) in [5.41, 5.74) is 4.26. The topological polar surface area (TPSA) is 116 Å². The van der Waals surface area contributed by atoms with E-state index >= 15 is 0 Å². The van der Waals surface area contributed by atoms with E-state index in [1.807, 2.05) is 12.1 Å². The number of pyridine rings is 3. The number of benzene rings is 2. The molecule has 12 heteroatoms. The highest BCUT2D eigenvalue weighted by atomic mass is 35.5. The van der Waals surface area contributed by atoms with Crippen molar-refractivity contribution in [3.8, 4) is 11.4 Å². The Morgan fingerprint density at radius 3 is 2.31 bits per heavy atom. The number of rotatable bonds is 10. The van der Waals surface area contributed by atoms with Gasteiger partial charge in [0, 0.05) is 24.0 Å². The van der Waals surface area contributed by atoms with Crippen LogP contribution in [0.25, 0.3) is 5.69 Å². The number of carbonyl (C=O) groups is 1. The molecule has 5 rings (SSSR count). The number of carbonyl (C=O) groups excluding carboxylic acids is 1. The Balaban J connectivity index is 1.38. The van der Waals surface area contributed by atoms with Gasteiger partial charge >= 0.3 is 5.97 Å². The van der Waals surface area contributed by atoms with Gasteiger partial charge in [-0.3, -0.25) is 14.3 Å². The first-order valence-electron chi connectivity index (χ1n) is 13.7. The number of nitrogens with one attached hydrogen (secondary N) is 1. The molecule has 2 N–H and O–H groups in total. The van der Waals surface area contributed by atoms with Crippen LogP contribution < -0.4 is 15.8 Å². The molecular weight excluding hydrogens is 606 g/mol. The maximum atomic E-state index is 14.0. The van der Waals surface area contributed by atoms with E-state index in [-0.39, 0.29) is 22.2 Å². The third-order valence-corrected chi connectivity index (χ3v) is 7.32. The number of aromatic nitrogens is 3. The predicted molar refractivity (Wildman–Crippen MR) is 162 cm³/mol. The molecule has 2 aromatic carbocycles. The Bertz CT molecular complexity index is 1890. The fraction of sp³-hybridized carbons (Fsp3) is 0.152. The van der Waals surface area contributed by atoms with E-state index < -0.39 is 41.9 Å². The minimum absolute atomic E-state index is 0.0274. The molecule has 0 radical (unpaired) electrons. The van der Waals surface area contributed by atoms with E-state index in [1.54, 1.807) is 62.4 Å². The van der Waals surface area contributed by atoms with Gasteiger partial charge in [0.2, 0.25) is 0 Å². The van der Waals surface area contributed by atoms with Gasteiger partial charge in [0.15, 0.2) is 11.5 Å². The standard InChI is InChI=1S/C33H27ClF2N4O5/c1-19-16-37-25(33(43)45-39-30(21-9-5-3-6-10-21)31(41)22-11-7-4-8-12-22)15-27(19)40-20(2)13-28(29(34)32(40)42)44-18-26-24(36)14-23(35)17-38-26/h3-17,30-31,39,41H,18H2,1-2H3/t30-,31+/m1/s1. The number of aliphatic hydroxyl groups excluding tert-OH is 1. The molecule has 0 aliphatic carbocycles. The molecular formula is C33H27ClF2N4O5. The fourth-order valence-electron chi connectivity index (χ4n) is 4.63. The molecule has 230 valence electrons. The second kappa shape index (κ2) is 13.8. The molecule has 3 aromatic heterocycles. The van der Waals surface area contributed by atoms with Crippen LogP contribution in [-0.2, 0) is 11.4 Å². The average Bonchev–Trinajstić information content (AvgIpc) is 3.04. The summed E-state index contributed by atoms with van der Waals surface area (Å²) in [6, 6.07) is 20.7. The molecule has 0 saturated heterocycles. The maximum Gasteiger partial charge on any atom is 0.375 e. The van der Waals surface area contributed by atoms with Crippen molar-refractivity contribution in [2.75, 3.05) is 0 Å². The van der Waals surface area contributed by atoms with Crippen LogP contribution >= 0.6 is 11.6 Å². The highest BCUT2D eigenvalue weighted by Gasteiger charge is 2.25. The van der Waals surface area contributed by atoms with Gasteiger partial charge in [-0.25, -0.2) is 18.6 Å².